The van der Waals surface area contributed by atoms with Crippen LogP contribution in [0.2, 0.25) is 0 Å². The first-order valence-corrected chi connectivity index (χ1v) is 6.70. The van der Waals surface area contributed by atoms with E-state index in [2.05, 4.69) is 25.7 Å². The summed E-state index contributed by atoms with van der Waals surface area (Å²) in [5, 5.41) is 10.7. The van der Waals surface area contributed by atoms with Gasteiger partial charge in [0.2, 0.25) is 0 Å². The van der Waals surface area contributed by atoms with Gasteiger partial charge in [-0.3, -0.25) is 14.7 Å². The van der Waals surface area contributed by atoms with Crippen molar-refractivity contribution < 1.29 is 0 Å². The number of aromatic nitrogens is 3. The molecule has 0 saturated carbocycles. The second kappa shape index (κ2) is 7.93. The van der Waals surface area contributed by atoms with Crippen molar-refractivity contribution >= 4 is 5.96 Å². The lowest BCUT2D eigenvalue weighted by atomic mass is 10.3. The quantitative estimate of drug-likeness (QED) is 0.599. The smallest absolute Gasteiger partial charge is 0.191 e. The number of guanidine groups is 1. The molecule has 6 heteroatoms. The minimum absolute atomic E-state index is 0.783. The molecule has 0 spiro atoms. The van der Waals surface area contributed by atoms with E-state index < -0.39 is 0 Å². The lowest BCUT2D eigenvalue weighted by molar-refractivity contribution is 0.597. The summed E-state index contributed by atoms with van der Waals surface area (Å²) in [6, 6.07) is 7.86. The summed E-state index contributed by atoms with van der Waals surface area (Å²) in [5.41, 5.74) is 1.08. The van der Waals surface area contributed by atoms with Crippen LogP contribution < -0.4 is 10.6 Å². The molecular formula is C14H20N6. The van der Waals surface area contributed by atoms with Gasteiger partial charge in [0.15, 0.2) is 5.96 Å². The molecule has 6 nitrogen and oxygen atoms in total. The van der Waals surface area contributed by atoms with Crippen LogP contribution in [0.1, 0.15) is 5.69 Å². The van der Waals surface area contributed by atoms with Crippen LogP contribution >= 0.6 is 0 Å². The van der Waals surface area contributed by atoms with Gasteiger partial charge in [-0.25, -0.2) is 0 Å². The highest BCUT2D eigenvalue weighted by Crippen LogP contribution is 1.92. The summed E-state index contributed by atoms with van der Waals surface area (Å²) < 4.78 is 1.88. The number of hydrogen-bond donors (Lipinski definition) is 2. The third-order valence-electron chi connectivity index (χ3n) is 2.82. The van der Waals surface area contributed by atoms with E-state index in [1.165, 1.54) is 0 Å². The number of hydrogen-bond acceptors (Lipinski definition) is 3. The molecular weight excluding hydrogens is 252 g/mol. The van der Waals surface area contributed by atoms with E-state index in [1.54, 1.807) is 13.2 Å². The average Bonchev–Trinajstić information content (AvgIpc) is 3.00. The summed E-state index contributed by atoms with van der Waals surface area (Å²) in [6.45, 7) is 2.40. The van der Waals surface area contributed by atoms with Gasteiger partial charge in [-0.2, -0.15) is 5.10 Å². The molecule has 0 fully saturated rings. The van der Waals surface area contributed by atoms with Crippen LogP contribution in [0.5, 0.6) is 0 Å². The predicted octanol–water partition coefficient (Wildman–Crippen LogP) is 0.686. The molecule has 2 aromatic rings. The molecule has 0 amide bonds. The van der Waals surface area contributed by atoms with Crippen molar-refractivity contribution in [2.45, 2.75) is 13.0 Å². The molecule has 0 aliphatic heterocycles. The highest BCUT2D eigenvalue weighted by atomic mass is 15.3. The standard InChI is InChI=1S/C14H20N6/c1-15-14(18-10-12-20-11-4-8-19-20)17-9-6-13-5-2-3-7-16-13/h2-5,7-8,11H,6,9-10,12H2,1H3,(H2,15,17,18). The van der Waals surface area contributed by atoms with Crippen molar-refractivity contribution in [3.05, 3.63) is 48.5 Å². The molecule has 0 atom stereocenters. The van der Waals surface area contributed by atoms with E-state index in [0.29, 0.717) is 0 Å². The van der Waals surface area contributed by atoms with E-state index in [4.69, 9.17) is 0 Å². The minimum Gasteiger partial charge on any atom is -0.356 e. The Bertz CT molecular complexity index is 506. The van der Waals surface area contributed by atoms with E-state index in [-0.39, 0.29) is 0 Å². The fraction of sp³-hybridized carbons (Fsp3) is 0.357. The fourth-order valence-electron chi connectivity index (χ4n) is 1.80. The van der Waals surface area contributed by atoms with Crippen molar-refractivity contribution in [1.29, 1.82) is 0 Å². The Labute approximate surface area is 119 Å². The molecule has 2 rings (SSSR count). The summed E-state index contributed by atoms with van der Waals surface area (Å²) in [5.74, 6) is 0.799. The zero-order valence-electron chi connectivity index (χ0n) is 11.7. The van der Waals surface area contributed by atoms with Gasteiger partial charge >= 0.3 is 0 Å². The van der Waals surface area contributed by atoms with Crippen LogP contribution in [-0.4, -0.2) is 40.9 Å². The first-order chi connectivity index (χ1) is 9.88. The van der Waals surface area contributed by atoms with Gasteiger partial charge in [0.05, 0.1) is 6.54 Å². The van der Waals surface area contributed by atoms with Crippen LogP contribution in [0.25, 0.3) is 0 Å². The van der Waals surface area contributed by atoms with E-state index >= 15 is 0 Å². The zero-order chi connectivity index (χ0) is 14.0. The predicted molar refractivity (Wildman–Crippen MR) is 79.5 cm³/mol. The maximum atomic E-state index is 4.29. The Hall–Kier alpha value is -2.37. The molecule has 2 N–H and O–H groups in total. The summed E-state index contributed by atoms with van der Waals surface area (Å²) in [6.07, 6.45) is 6.41. The molecule has 2 aromatic heterocycles. The monoisotopic (exact) mass is 272 g/mol. The summed E-state index contributed by atoms with van der Waals surface area (Å²) in [7, 11) is 1.77. The molecule has 0 radical (unpaired) electrons. The van der Waals surface area contributed by atoms with Crippen LogP contribution in [0.4, 0.5) is 0 Å². The van der Waals surface area contributed by atoms with Gasteiger partial charge in [-0.15, -0.1) is 0 Å². The third kappa shape index (κ3) is 4.72. The number of rotatable bonds is 6. The maximum absolute atomic E-state index is 4.29. The topological polar surface area (TPSA) is 67.1 Å². The van der Waals surface area contributed by atoms with E-state index in [9.17, 15) is 0 Å². The van der Waals surface area contributed by atoms with E-state index in [1.807, 2.05) is 41.3 Å². The largest absolute Gasteiger partial charge is 0.356 e. The SMILES string of the molecule is CN=C(NCCc1ccccn1)NCCn1cccn1. The third-order valence-corrected chi connectivity index (χ3v) is 2.82. The molecule has 0 aliphatic rings. The Kier molecular flexibility index (Phi) is 5.57. The van der Waals surface area contributed by atoms with Gasteiger partial charge in [0.25, 0.3) is 0 Å². The highest BCUT2D eigenvalue weighted by Gasteiger charge is 1.98. The first kappa shape index (κ1) is 14.0. The Morgan fingerprint density at radius 2 is 2.10 bits per heavy atom. The molecule has 0 aromatic carbocycles. The minimum atomic E-state index is 0.783. The first-order valence-electron chi connectivity index (χ1n) is 6.70. The molecule has 2 heterocycles. The van der Waals surface area contributed by atoms with Crippen LogP contribution in [0.15, 0.2) is 47.8 Å². The average molecular weight is 272 g/mol. The molecule has 20 heavy (non-hydrogen) atoms. The Morgan fingerprint density at radius 3 is 2.80 bits per heavy atom. The van der Waals surface area contributed by atoms with Crippen LogP contribution in [0, 0.1) is 0 Å². The molecule has 106 valence electrons. The lowest BCUT2D eigenvalue weighted by Crippen LogP contribution is -2.39. The molecule has 0 aliphatic carbocycles. The Morgan fingerprint density at radius 1 is 1.20 bits per heavy atom. The van der Waals surface area contributed by atoms with Crippen molar-refractivity contribution in [2.75, 3.05) is 20.1 Å². The fourth-order valence-corrected chi connectivity index (χ4v) is 1.80. The normalized spacial score (nSPS) is 11.3. The number of nitrogens with one attached hydrogen (secondary N) is 2. The highest BCUT2D eigenvalue weighted by molar-refractivity contribution is 5.79. The number of aliphatic imine (C=N–C) groups is 1. The number of nitrogens with zero attached hydrogens (tertiary/aromatic N) is 4. The maximum Gasteiger partial charge on any atom is 0.191 e. The van der Waals surface area contributed by atoms with Gasteiger partial charge in [0.1, 0.15) is 0 Å². The molecule has 0 bridgehead atoms. The summed E-state index contributed by atoms with van der Waals surface area (Å²) in [4.78, 5) is 8.47. The van der Waals surface area contributed by atoms with Crippen molar-refractivity contribution in [3.8, 4) is 0 Å². The van der Waals surface area contributed by atoms with Gasteiger partial charge in [-0.05, 0) is 18.2 Å². The van der Waals surface area contributed by atoms with E-state index in [0.717, 1.165) is 37.7 Å². The second-order valence-electron chi connectivity index (χ2n) is 4.27. The lowest BCUT2D eigenvalue weighted by Gasteiger charge is -2.11. The van der Waals surface area contributed by atoms with Gasteiger partial charge < -0.3 is 10.6 Å². The van der Waals surface area contributed by atoms with Gasteiger partial charge in [-0.1, -0.05) is 6.07 Å². The van der Waals surface area contributed by atoms with Crippen LogP contribution in [-0.2, 0) is 13.0 Å². The number of pyridine rings is 1. The van der Waals surface area contributed by atoms with Crippen molar-refractivity contribution in [2.24, 2.45) is 4.99 Å². The molecule has 0 saturated heterocycles. The van der Waals surface area contributed by atoms with Crippen molar-refractivity contribution in [1.82, 2.24) is 25.4 Å². The molecule has 0 unspecified atom stereocenters. The Balaban J connectivity index is 1.65. The van der Waals surface area contributed by atoms with Gasteiger partial charge in [0, 0.05) is 50.8 Å². The zero-order valence-corrected chi connectivity index (χ0v) is 11.7. The van der Waals surface area contributed by atoms with Crippen molar-refractivity contribution in [3.63, 3.8) is 0 Å². The second-order valence-corrected chi connectivity index (χ2v) is 4.27. The summed E-state index contributed by atoms with van der Waals surface area (Å²) >= 11 is 0. The van der Waals surface area contributed by atoms with Crippen LogP contribution in [0.3, 0.4) is 0 Å².